The molecule has 5 nitrogen and oxygen atoms in total. The molecule has 0 amide bonds. The average Bonchev–Trinajstić information content (AvgIpc) is 2.45. The molecule has 0 spiro atoms. The zero-order valence-corrected chi connectivity index (χ0v) is 12.2. The fourth-order valence-electron chi connectivity index (χ4n) is 2.20. The summed E-state index contributed by atoms with van der Waals surface area (Å²) < 4.78 is 5.39. The molecule has 1 fully saturated rings. The molecule has 0 aliphatic carbocycles. The zero-order valence-electron chi connectivity index (χ0n) is 12.2. The largest absolute Gasteiger partial charge is 0.378 e. The summed E-state index contributed by atoms with van der Waals surface area (Å²) in [6.45, 7) is 8.59. The summed E-state index contributed by atoms with van der Waals surface area (Å²) in [5, 5.41) is 0. The molecule has 0 unspecified atom stereocenters. The van der Waals surface area contributed by atoms with Crippen molar-refractivity contribution in [2.24, 2.45) is 0 Å². The number of rotatable bonds is 5. The van der Waals surface area contributed by atoms with Gasteiger partial charge in [-0.05, 0) is 13.3 Å². The van der Waals surface area contributed by atoms with Gasteiger partial charge >= 0.3 is 0 Å². The van der Waals surface area contributed by atoms with Crippen LogP contribution in [0.3, 0.4) is 0 Å². The summed E-state index contributed by atoms with van der Waals surface area (Å²) in [4.78, 5) is 13.6. The highest BCUT2D eigenvalue weighted by Gasteiger charge is 2.15. The molecule has 1 aliphatic heterocycles. The highest BCUT2D eigenvalue weighted by Crippen LogP contribution is 2.19. The lowest BCUT2D eigenvalue weighted by atomic mass is 10.3. The van der Waals surface area contributed by atoms with Gasteiger partial charge in [-0.2, -0.15) is 0 Å². The molecule has 0 atom stereocenters. The summed E-state index contributed by atoms with van der Waals surface area (Å²) in [6.07, 6.45) is 2.39. The zero-order chi connectivity index (χ0) is 13.7. The van der Waals surface area contributed by atoms with Gasteiger partial charge in [0.2, 0.25) is 0 Å². The van der Waals surface area contributed by atoms with E-state index < -0.39 is 0 Å². The first-order valence-electron chi connectivity index (χ1n) is 7.10. The summed E-state index contributed by atoms with van der Waals surface area (Å²) in [5.41, 5.74) is 0. The summed E-state index contributed by atoms with van der Waals surface area (Å²) in [5.74, 6) is 2.87. The van der Waals surface area contributed by atoms with Crippen molar-refractivity contribution >= 4 is 11.6 Å². The minimum Gasteiger partial charge on any atom is -0.378 e. The molecule has 0 N–H and O–H groups in total. The normalized spacial score (nSPS) is 15.6. The van der Waals surface area contributed by atoms with Crippen molar-refractivity contribution < 1.29 is 4.74 Å². The minimum atomic E-state index is 0.782. The first kappa shape index (κ1) is 14.1. The molecule has 1 aromatic heterocycles. The average molecular weight is 264 g/mol. The quantitative estimate of drug-likeness (QED) is 0.812. The van der Waals surface area contributed by atoms with Crippen LogP contribution in [-0.2, 0) is 4.74 Å². The fraction of sp³-hybridized carbons (Fsp3) is 0.714. The summed E-state index contributed by atoms with van der Waals surface area (Å²) >= 11 is 0. The van der Waals surface area contributed by atoms with Crippen molar-refractivity contribution in [2.45, 2.75) is 26.7 Å². The van der Waals surface area contributed by atoms with Gasteiger partial charge in [-0.3, -0.25) is 0 Å². The third-order valence-electron chi connectivity index (χ3n) is 3.38. The van der Waals surface area contributed by atoms with Gasteiger partial charge in [0.1, 0.15) is 17.5 Å². The number of aromatic nitrogens is 2. The van der Waals surface area contributed by atoms with Gasteiger partial charge in [0.05, 0.1) is 13.2 Å². The second kappa shape index (κ2) is 6.70. The predicted molar refractivity (Wildman–Crippen MR) is 78.0 cm³/mol. The van der Waals surface area contributed by atoms with Gasteiger partial charge in [0.15, 0.2) is 0 Å². The summed E-state index contributed by atoms with van der Waals surface area (Å²) in [6, 6.07) is 2.09. The second-order valence-corrected chi connectivity index (χ2v) is 5.01. The number of nitrogens with zero attached hydrogens (tertiary/aromatic N) is 4. The number of anilines is 2. The molecule has 2 rings (SSSR count). The SMILES string of the molecule is CCCCN(C)c1cc(N2CCOCC2)nc(C)n1. The van der Waals surface area contributed by atoms with Crippen molar-refractivity contribution in [3.63, 3.8) is 0 Å². The van der Waals surface area contributed by atoms with Crippen LogP contribution in [-0.4, -0.2) is 49.9 Å². The van der Waals surface area contributed by atoms with Crippen molar-refractivity contribution in [3.8, 4) is 0 Å². The van der Waals surface area contributed by atoms with E-state index in [-0.39, 0.29) is 0 Å². The topological polar surface area (TPSA) is 41.5 Å². The molecule has 0 saturated carbocycles. The number of aryl methyl sites for hydroxylation is 1. The Morgan fingerprint density at radius 3 is 2.74 bits per heavy atom. The third kappa shape index (κ3) is 3.80. The standard InChI is InChI=1S/C14H24N4O/c1-4-5-6-17(3)13-11-14(16-12(2)15-13)18-7-9-19-10-8-18/h11H,4-10H2,1-3H3. The lowest BCUT2D eigenvalue weighted by Gasteiger charge is -2.29. The highest BCUT2D eigenvalue weighted by molar-refractivity contribution is 5.50. The Balaban J connectivity index is 2.13. The van der Waals surface area contributed by atoms with E-state index in [9.17, 15) is 0 Å². The Kier molecular flexibility index (Phi) is 4.96. The molecule has 0 aromatic carbocycles. The van der Waals surface area contributed by atoms with E-state index >= 15 is 0 Å². The van der Waals surface area contributed by atoms with Crippen molar-refractivity contribution in [1.82, 2.24) is 9.97 Å². The van der Waals surface area contributed by atoms with Gasteiger partial charge in [0, 0.05) is 32.7 Å². The van der Waals surface area contributed by atoms with Crippen molar-refractivity contribution in [3.05, 3.63) is 11.9 Å². The van der Waals surface area contributed by atoms with E-state index in [1.54, 1.807) is 0 Å². The number of morpholine rings is 1. The van der Waals surface area contributed by atoms with E-state index in [1.807, 2.05) is 6.92 Å². The first-order chi connectivity index (χ1) is 9.20. The van der Waals surface area contributed by atoms with Crippen LogP contribution in [0, 0.1) is 6.92 Å². The molecule has 106 valence electrons. The first-order valence-corrected chi connectivity index (χ1v) is 7.10. The number of hydrogen-bond donors (Lipinski definition) is 0. The summed E-state index contributed by atoms with van der Waals surface area (Å²) in [7, 11) is 2.10. The molecule has 1 aromatic rings. The molecule has 5 heteroatoms. The fourth-order valence-corrected chi connectivity index (χ4v) is 2.20. The monoisotopic (exact) mass is 264 g/mol. The van der Waals surface area contributed by atoms with E-state index in [0.29, 0.717) is 0 Å². The molecule has 19 heavy (non-hydrogen) atoms. The maximum Gasteiger partial charge on any atom is 0.134 e. The Labute approximate surface area is 115 Å². The molecular formula is C14H24N4O. The van der Waals surface area contributed by atoms with Gasteiger partial charge in [0.25, 0.3) is 0 Å². The van der Waals surface area contributed by atoms with Crippen LogP contribution in [0.25, 0.3) is 0 Å². The maximum atomic E-state index is 5.39. The number of hydrogen-bond acceptors (Lipinski definition) is 5. The lowest BCUT2D eigenvalue weighted by molar-refractivity contribution is 0.122. The Morgan fingerprint density at radius 2 is 2.05 bits per heavy atom. The predicted octanol–water partition coefficient (Wildman–Crippen LogP) is 1.86. The van der Waals surface area contributed by atoms with Crippen LogP contribution in [0.2, 0.25) is 0 Å². The van der Waals surface area contributed by atoms with Gasteiger partial charge < -0.3 is 14.5 Å². The van der Waals surface area contributed by atoms with Crippen LogP contribution in [0.5, 0.6) is 0 Å². The van der Waals surface area contributed by atoms with E-state index in [2.05, 4.69) is 39.8 Å². The van der Waals surface area contributed by atoms with Crippen LogP contribution in [0.15, 0.2) is 6.07 Å². The highest BCUT2D eigenvalue weighted by atomic mass is 16.5. The Hall–Kier alpha value is -1.36. The van der Waals surface area contributed by atoms with E-state index in [4.69, 9.17) is 4.74 Å². The number of unbranched alkanes of at least 4 members (excludes halogenated alkanes) is 1. The van der Waals surface area contributed by atoms with Gasteiger partial charge in [-0.25, -0.2) is 9.97 Å². The van der Waals surface area contributed by atoms with Crippen LogP contribution in [0.1, 0.15) is 25.6 Å². The molecule has 2 heterocycles. The van der Waals surface area contributed by atoms with Crippen molar-refractivity contribution in [1.29, 1.82) is 0 Å². The second-order valence-electron chi connectivity index (χ2n) is 5.01. The Morgan fingerprint density at radius 1 is 1.32 bits per heavy atom. The maximum absolute atomic E-state index is 5.39. The van der Waals surface area contributed by atoms with Crippen molar-refractivity contribution in [2.75, 3.05) is 49.7 Å². The molecular weight excluding hydrogens is 240 g/mol. The van der Waals surface area contributed by atoms with Crippen LogP contribution >= 0.6 is 0 Å². The van der Waals surface area contributed by atoms with Gasteiger partial charge in [-0.15, -0.1) is 0 Å². The smallest absolute Gasteiger partial charge is 0.134 e. The number of ether oxygens (including phenoxy) is 1. The molecule has 0 radical (unpaired) electrons. The third-order valence-corrected chi connectivity index (χ3v) is 3.38. The van der Waals surface area contributed by atoms with E-state index in [0.717, 1.165) is 50.3 Å². The van der Waals surface area contributed by atoms with Crippen LogP contribution < -0.4 is 9.80 Å². The minimum absolute atomic E-state index is 0.782. The van der Waals surface area contributed by atoms with E-state index in [1.165, 1.54) is 12.8 Å². The lowest BCUT2D eigenvalue weighted by Crippen LogP contribution is -2.37. The Bertz CT molecular complexity index is 404. The molecule has 1 saturated heterocycles. The van der Waals surface area contributed by atoms with Gasteiger partial charge in [-0.1, -0.05) is 13.3 Å². The van der Waals surface area contributed by atoms with Crippen LogP contribution in [0.4, 0.5) is 11.6 Å². The molecule has 0 bridgehead atoms. The molecule has 1 aliphatic rings.